The zero-order chi connectivity index (χ0) is 17.8. The first-order chi connectivity index (χ1) is 12.8. The minimum atomic E-state index is -0.0367. The number of carbonyl (C=O) groups is 1. The van der Waals surface area contributed by atoms with Gasteiger partial charge in [0.25, 0.3) is 0 Å². The van der Waals surface area contributed by atoms with E-state index in [1.54, 1.807) is 0 Å². The Morgan fingerprint density at radius 1 is 1.12 bits per heavy atom. The zero-order valence-electron chi connectivity index (χ0n) is 14.5. The maximum Gasteiger partial charge on any atom is 0.226 e. The first-order valence-electron chi connectivity index (χ1n) is 8.90. The van der Waals surface area contributed by atoms with Crippen LogP contribution in [0.5, 0.6) is 0 Å². The van der Waals surface area contributed by atoms with Crippen LogP contribution in [0, 0.1) is 0 Å². The van der Waals surface area contributed by atoms with E-state index in [1.807, 2.05) is 36.4 Å². The lowest BCUT2D eigenvalue weighted by atomic mass is 10.1. The van der Waals surface area contributed by atoms with E-state index in [2.05, 4.69) is 39.6 Å². The van der Waals surface area contributed by atoms with Crippen molar-refractivity contribution >= 4 is 11.6 Å². The van der Waals surface area contributed by atoms with Crippen molar-refractivity contribution in [3.63, 3.8) is 0 Å². The van der Waals surface area contributed by atoms with Gasteiger partial charge in [-0.3, -0.25) is 4.79 Å². The predicted octanol–water partition coefficient (Wildman–Crippen LogP) is 3.06. The van der Waals surface area contributed by atoms with Gasteiger partial charge >= 0.3 is 0 Å². The number of hydrogen-bond donors (Lipinski definition) is 1. The Labute approximate surface area is 152 Å². The fraction of sp³-hybridized carbons (Fsp3) is 0.238. The lowest BCUT2D eigenvalue weighted by Gasteiger charge is -2.19. The second-order valence-electron chi connectivity index (χ2n) is 6.44. The summed E-state index contributed by atoms with van der Waals surface area (Å²) in [5.74, 6) is 0.646. The summed E-state index contributed by atoms with van der Waals surface area (Å²) in [4.78, 5) is 14.5. The van der Waals surface area contributed by atoms with Crippen molar-refractivity contribution in [3.8, 4) is 11.3 Å². The third-order valence-corrected chi connectivity index (χ3v) is 4.65. The number of fused-ring (bicyclic) bond motifs is 1. The van der Waals surface area contributed by atoms with Gasteiger partial charge in [-0.15, -0.1) is 0 Å². The molecule has 5 heteroatoms. The van der Waals surface area contributed by atoms with Crippen LogP contribution in [0.4, 0.5) is 5.69 Å². The van der Waals surface area contributed by atoms with Gasteiger partial charge in [0, 0.05) is 37.0 Å². The molecular weight excluding hydrogens is 326 g/mol. The molecule has 3 aromatic rings. The van der Waals surface area contributed by atoms with E-state index in [0.717, 1.165) is 25.1 Å². The molecule has 1 aliphatic heterocycles. The average Bonchev–Trinajstić information content (AvgIpc) is 3.30. The molecule has 4 rings (SSSR count). The Morgan fingerprint density at radius 2 is 1.92 bits per heavy atom. The van der Waals surface area contributed by atoms with Gasteiger partial charge in [0.2, 0.25) is 5.91 Å². The lowest BCUT2D eigenvalue weighted by molar-refractivity contribution is -0.120. The van der Waals surface area contributed by atoms with Gasteiger partial charge in [-0.05, 0) is 18.1 Å². The molecule has 0 fully saturated rings. The number of amides is 1. The monoisotopic (exact) mass is 347 g/mol. The average molecular weight is 347 g/mol. The molecule has 1 amide bonds. The van der Waals surface area contributed by atoms with Crippen molar-refractivity contribution in [2.24, 2.45) is 0 Å². The van der Waals surface area contributed by atoms with Crippen LogP contribution in [0.25, 0.3) is 11.3 Å². The molecule has 1 aromatic heterocycles. The van der Waals surface area contributed by atoms with E-state index < -0.39 is 0 Å². The summed E-state index contributed by atoms with van der Waals surface area (Å²) < 4.78 is 5.34. The van der Waals surface area contributed by atoms with Crippen LogP contribution < -0.4 is 10.2 Å². The van der Waals surface area contributed by atoms with Crippen LogP contribution in [0.2, 0.25) is 0 Å². The van der Waals surface area contributed by atoms with Gasteiger partial charge < -0.3 is 14.7 Å². The Balaban J connectivity index is 1.27. The smallest absolute Gasteiger partial charge is 0.226 e. The highest BCUT2D eigenvalue weighted by atomic mass is 16.5. The standard InChI is InChI=1S/C21H21N3O2/c25-21(15-18-14-20(26-23-18)17-7-2-1-3-8-17)22-11-13-24-12-10-16-6-4-5-9-19(16)24/h1-9,14H,10-13,15H2,(H,22,25). The van der Waals surface area contributed by atoms with E-state index >= 15 is 0 Å². The number of para-hydroxylation sites is 1. The number of benzene rings is 2. The summed E-state index contributed by atoms with van der Waals surface area (Å²) in [5, 5.41) is 6.98. The van der Waals surface area contributed by atoms with Crippen LogP contribution in [0.15, 0.2) is 65.2 Å². The summed E-state index contributed by atoms with van der Waals surface area (Å²) in [5.41, 5.74) is 4.27. The highest BCUT2D eigenvalue weighted by molar-refractivity contribution is 5.78. The number of hydrogen-bond acceptors (Lipinski definition) is 4. The number of nitrogens with zero attached hydrogens (tertiary/aromatic N) is 2. The Hall–Kier alpha value is -3.08. The summed E-state index contributed by atoms with van der Waals surface area (Å²) in [6, 6.07) is 20.0. The van der Waals surface area contributed by atoms with Crippen molar-refractivity contribution < 1.29 is 9.32 Å². The topological polar surface area (TPSA) is 58.4 Å². The zero-order valence-corrected chi connectivity index (χ0v) is 14.5. The highest BCUT2D eigenvalue weighted by Crippen LogP contribution is 2.26. The molecule has 1 aliphatic rings. The van der Waals surface area contributed by atoms with Gasteiger partial charge in [-0.2, -0.15) is 0 Å². The number of anilines is 1. The van der Waals surface area contributed by atoms with Gasteiger partial charge in [0.1, 0.15) is 0 Å². The van der Waals surface area contributed by atoms with E-state index in [1.165, 1.54) is 11.3 Å². The second-order valence-corrected chi connectivity index (χ2v) is 6.44. The van der Waals surface area contributed by atoms with E-state index in [4.69, 9.17) is 4.52 Å². The number of nitrogens with one attached hydrogen (secondary N) is 1. The minimum Gasteiger partial charge on any atom is -0.369 e. The third kappa shape index (κ3) is 3.61. The Bertz CT molecular complexity index is 889. The molecule has 5 nitrogen and oxygen atoms in total. The maximum absolute atomic E-state index is 12.2. The summed E-state index contributed by atoms with van der Waals surface area (Å²) >= 11 is 0. The van der Waals surface area contributed by atoms with Gasteiger partial charge in [0.05, 0.1) is 12.1 Å². The van der Waals surface area contributed by atoms with Crippen molar-refractivity contribution in [3.05, 3.63) is 71.9 Å². The first-order valence-corrected chi connectivity index (χ1v) is 8.90. The predicted molar refractivity (Wildman–Crippen MR) is 101 cm³/mol. The molecule has 0 bridgehead atoms. The number of rotatable bonds is 6. The van der Waals surface area contributed by atoms with Gasteiger partial charge in [-0.25, -0.2) is 0 Å². The second kappa shape index (κ2) is 7.44. The fourth-order valence-corrected chi connectivity index (χ4v) is 3.33. The summed E-state index contributed by atoms with van der Waals surface area (Å²) in [6.07, 6.45) is 1.30. The molecule has 2 heterocycles. The third-order valence-electron chi connectivity index (χ3n) is 4.65. The minimum absolute atomic E-state index is 0.0367. The molecule has 0 atom stereocenters. The van der Waals surface area contributed by atoms with Crippen LogP contribution >= 0.6 is 0 Å². The van der Waals surface area contributed by atoms with Gasteiger partial charge in [-0.1, -0.05) is 53.7 Å². The summed E-state index contributed by atoms with van der Waals surface area (Å²) in [6.45, 7) is 2.45. The lowest BCUT2D eigenvalue weighted by Crippen LogP contribution is -2.34. The molecule has 0 saturated carbocycles. The Kier molecular flexibility index (Phi) is 4.69. The number of carbonyl (C=O) groups excluding carboxylic acids is 1. The van der Waals surface area contributed by atoms with Crippen molar-refractivity contribution in [2.75, 3.05) is 24.5 Å². The van der Waals surface area contributed by atoms with Crippen LogP contribution in [0.3, 0.4) is 0 Å². The highest BCUT2D eigenvalue weighted by Gasteiger charge is 2.18. The molecule has 132 valence electrons. The molecule has 2 aromatic carbocycles. The van der Waals surface area contributed by atoms with Crippen LogP contribution in [-0.2, 0) is 17.6 Å². The molecule has 0 spiro atoms. The first kappa shape index (κ1) is 16.4. The molecule has 0 radical (unpaired) electrons. The molecule has 0 unspecified atom stereocenters. The summed E-state index contributed by atoms with van der Waals surface area (Å²) in [7, 11) is 0. The largest absolute Gasteiger partial charge is 0.369 e. The molecule has 0 saturated heterocycles. The van der Waals surface area contributed by atoms with E-state index in [0.29, 0.717) is 18.0 Å². The van der Waals surface area contributed by atoms with E-state index in [9.17, 15) is 4.79 Å². The SMILES string of the molecule is O=C(Cc1cc(-c2ccccc2)on1)NCCN1CCc2ccccc21. The van der Waals surface area contributed by atoms with E-state index in [-0.39, 0.29) is 12.3 Å². The molecule has 1 N–H and O–H groups in total. The van der Waals surface area contributed by atoms with Crippen molar-refractivity contribution in [1.82, 2.24) is 10.5 Å². The maximum atomic E-state index is 12.2. The number of aromatic nitrogens is 1. The molecular formula is C21H21N3O2. The van der Waals surface area contributed by atoms with Crippen molar-refractivity contribution in [1.29, 1.82) is 0 Å². The quantitative estimate of drug-likeness (QED) is 0.744. The molecule has 26 heavy (non-hydrogen) atoms. The molecule has 0 aliphatic carbocycles. The van der Waals surface area contributed by atoms with Crippen LogP contribution in [-0.4, -0.2) is 30.7 Å². The van der Waals surface area contributed by atoms with Crippen molar-refractivity contribution in [2.45, 2.75) is 12.8 Å². The van der Waals surface area contributed by atoms with Crippen LogP contribution in [0.1, 0.15) is 11.3 Å². The van der Waals surface area contributed by atoms with Gasteiger partial charge in [0.15, 0.2) is 5.76 Å². The normalized spacial score (nSPS) is 12.8. The fourth-order valence-electron chi connectivity index (χ4n) is 3.33. The Morgan fingerprint density at radius 3 is 2.81 bits per heavy atom.